The van der Waals surface area contributed by atoms with Crippen molar-refractivity contribution in [2.45, 2.75) is 40.0 Å². The summed E-state index contributed by atoms with van der Waals surface area (Å²) >= 11 is 0. The molecule has 7 nitrogen and oxygen atoms in total. The number of fused-ring (bicyclic) bond motifs is 1. The van der Waals surface area contributed by atoms with Gasteiger partial charge in [0.05, 0.1) is 34.9 Å². The topological polar surface area (TPSA) is 77.6 Å². The molecule has 0 aliphatic rings. The molecule has 0 aliphatic carbocycles. The highest BCUT2D eigenvalue weighted by atomic mass is 19.4. The van der Waals surface area contributed by atoms with Gasteiger partial charge in [-0.25, -0.2) is 9.67 Å². The minimum Gasteiger partial charge on any atom is -0.379 e. The lowest BCUT2D eigenvalue weighted by molar-refractivity contribution is -0.137. The van der Waals surface area contributed by atoms with Crippen LogP contribution in [0, 0.1) is 20.8 Å². The SMILES string of the molecule is Cc1ccc(NCc2cn(Cc3nc4cccc(C)c4c(=O)n3-c3ccccc3C(F)(F)F)nn2)cc1C. The van der Waals surface area contributed by atoms with E-state index in [1.165, 1.54) is 28.4 Å². The maximum absolute atomic E-state index is 13.9. The number of hydrogen-bond acceptors (Lipinski definition) is 5. The maximum Gasteiger partial charge on any atom is 0.418 e. The van der Waals surface area contributed by atoms with Crippen molar-refractivity contribution in [3.05, 3.63) is 111 Å². The highest BCUT2D eigenvalue weighted by Gasteiger charge is 2.34. The summed E-state index contributed by atoms with van der Waals surface area (Å²) in [7, 11) is 0. The molecular weight excluding hydrogens is 493 g/mol. The second-order valence-corrected chi connectivity index (χ2v) is 9.21. The quantitative estimate of drug-likeness (QED) is 0.318. The Hall–Kier alpha value is -4.47. The molecule has 5 rings (SSSR count). The Morgan fingerprint density at radius 3 is 2.47 bits per heavy atom. The van der Waals surface area contributed by atoms with Crippen LogP contribution in [0.5, 0.6) is 0 Å². The van der Waals surface area contributed by atoms with Crippen LogP contribution in [-0.2, 0) is 19.3 Å². The Bertz CT molecular complexity index is 1700. The summed E-state index contributed by atoms with van der Waals surface area (Å²) < 4.78 is 44.3. The molecule has 194 valence electrons. The van der Waals surface area contributed by atoms with E-state index in [0.29, 0.717) is 23.3 Å². The number of aryl methyl sites for hydroxylation is 3. The highest BCUT2D eigenvalue weighted by Crippen LogP contribution is 2.34. The molecule has 5 aromatic rings. The second kappa shape index (κ2) is 9.77. The fourth-order valence-electron chi connectivity index (χ4n) is 4.39. The van der Waals surface area contributed by atoms with Gasteiger partial charge in [0.15, 0.2) is 0 Å². The third-order valence-corrected chi connectivity index (χ3v) is 6.50. The molecular formula is C28H25F3N6O. The number of alkyl halides is 3. The minimum atomic E-state index is -4.66. The predicted molar refractivity (Wildman–Crippen MR) is 139 cm³/mol. The van der Waals surface area contributed by atoms with Crippen LogP contribution in [0.3, 0.4) is 0 Å². The van der Waals surface area contributed by atoms with Crippen molar-refractivity contribution in [1.82, 2.24) is 24.5 Å². The third-order valence-electron chi connectivity index (χ3n) is 6.50. The number of anilines is 1. The number of para-hydroxylation sites is 1. The van der Waals surface area contributed by atoms with Crippen molar-refractivity contribution in [1.29, 1.82) is 0 Å². The van der Waals surface area contributed by atoms with E-state index in [4.69, 9.17) is 0 Å². The van der Waals surface area contributed by atoms with Crippen molar-refractivity contribution in [3.8, 4) is 5.69 Å². The molecule has 3 aromatic carbocycles. The lowest BCUT2D eigenvalue weighted by atomic mass is 10.1. The van der Waals surface area contributed by atoms with Crippen LogP contribution in [0.25, 0.3) is 16.6 Å². The first-order chi connectivity index (χ1) is 18.1. The number of aromatic nitrogens is 5. The average molecular weight is 519 g/mol. The number of benzene rings is 3. The molecule has 2 aromatic heterocycles. The lowest BCUT2D eigenvalue weighted by Gasteiger charge is -2.18. The van der Waals surface area contributed by atoms with E-state index in [2.05, 4.69) is 20.6 Å². The van der Waals surface area contributed by atoms with Gasteiger partial charge in [-0.15, -0.1) is 5.10 Å². The molecule has 0 spiro atoms. The van der Waals surface area contributed by atoms with Crippen molar-refractivity contribution >= 4 is 16.6 Å². The summed E-state index contributed by atoms with van der Waals surface area (Å²) in [6.45, 7) is 6.15. The van der Waals surface area contributed by atoms with Crippen LogP contribution < -0.4 is 10.9 Å². The van der Waals surface area contributed by atoms with Gasteiger partial charge in [-0.1, -0.05) is 35.5 Å². The molecule has 0 fully saturated rings. The molecule has 2 heterocycles. The van der Waals surface area contributed by atoms with Crippen LogP contribution in [0.1, 0.15) is 33.8 Å². The molecule has 0 bridgehead atoms. The number of nitrogens with zero attached hydrogens (tertiary/aromatic N) is 5. The number of rotatable bonds is 6. The van der Waals surface area contributed by atoms with Crippen LogP contribution in [0.4, 0.5) is 18.9 Å². The van der Waals surface area contributed by atoms with Gasteiger partial charge in [-0.3, -0.25) is 9.36 Å². The first-order valence-corrected chi connectivity index (χ1v) is 12.0. The highest BCUT2D eigenvalue weighted by molar-refractivity contribution is 5.81. The van der Waals surface area contributed by atoms with Gasteiger partial charge < -0.3 is 5.32 Å². The van der Waals surface area contributed by atoms with Gasteiger partial charge in [0, 0.05) is 5.69 Å². The Kier molecular flexibility index (Phi) is 6.48. The molecule has 0 saturated heterocycles. The van der Waals surface area contributed by atoms with E-state index in [0.717, 1.165) is 21.9 Å². The van der Waals surface area contributed by atoms with Crippen molar-refractivity contribution in [3.63, 3.8) is 0 Å². The molecule has 0 unspecified atom stereocenters. The van der Waals surface area contributed by atoms with E-state index in [1.807, 2.05) is 32.0 Å². The zero-order valence-corrected chi connectivity index (χ0v) is 21.0. The summed E-state index contributed by atoms with van der Waals surface area (Å²) in [6.07, 6.45) is -2.98. The van der Waals surface area contributed by atoms with Crippen molar-refractivity contribution in [2.75, 3.05) is 5.32 Å². The van der Waals surface area contributed by atoms with Crippen molar-refractivity contribution < 1.29 is 13.2 Å². The first kappa shape index (κ1) is 25.2. The zero-order chi connectivity index (χ0) is 27.0. The summed E-state index contributed by atoms with van der Waals surface area (Å²) in [5.74, 6) is 0.114. The van der Waals surface area contributed by atoms with E-state index in [9.17, 15) is 18.0 Å². The molecule has 0 atom stereocenters. The number of nitrogens with one attached hydrogen (secondary N) is 1. The Morgan fingerprint density at radius 1 is 0.921 bits per heavy atom. The van der Waals surface area contributed by atoms with Crippen LogP contribution in [-0.4, -0.2) is 24.5 Å². The van der Waals surface area contributed by atoms with Crippen LogP contribution in [0.15, 0.2) is 71.7 Å². The average Bonchev–Trinajstić information content (AvgIpc) is 3.31. The first-order valence-electron chi connectivity index (χ1n) is 12.0. The van der Waals surface area contributed by atoms with E-state index in [-0.39, 0.29) is 23.4 Å². The van der Waals surface area contributed by atoms with Gasteiger partial charge in [0.25, 0.3) is 5.56 Å². The Morgan fingerprint density at radius 2 is 1.71 bits per heavy atom. The largest absolute Gasteiger partial charge is 0.418 e. The monoisotopic (exact) mass is 518 g/mol. The zero-order valence-electron chi connectivity index (χ0n) is 21.0. The molecule has 0 aliphatic heterocycles. The van der Waals surface area contributed by atoms with E-state index < -0.39 is 17.3 Å². The molecule has 10 heteroatoms. The second-order valence-electron chi connectivity index (χ2n) is 9.21. The van der Waals surface area contributed by atoms with Crippen LogP contribution >= 0.6 is 0 Å². The third kappa shape index (κ3) is 4.89. The Labute approximate surface area is 216 Å². The van der Waals surface area contributed by atoms with Crippen molar-refractivity contribution in [2.24, 2.45) is 0 Å². The smallest absolute Gasteiger partial charge is 0.379 e. The standard InChI is InChI=1S/C28H25F3N6O/c1-17-11-12-20(13-19(17)3)32-14-21-15-36(35-34-21)16-25-33-23-9-6-7-18(2)26(23)27(38)37(25)24-10-5-4-8-22(24)28(29,30)31/h4-13,15,32H,14,16H2,1-3H3. The molecule has 38 heavy (non-hydrogen) atoms. The Balaban J connectivity index is 1.54. The summed E-state index contributed by atoms with van der Waals surface area (Å²) in [5, 5.41) is 11.9. The minimum absolute atomic E-state index is 0.0536. The van der Waals surface area contributed by atoms with Gasteiger partial charge in [0.2, 0.25) is 0 Å². The van der Waals surface area contributed by atoms with Gasteiger partial charge in [0.1, 0.15) is 18.1 Å². The molecule has 0 radical (unpaired) electrons. The lowest BCUT2D eigenvalue weighted by Crippen LogP contribution is -2.28. The fourth-order valence-corrected chi connectivity index (χ4v) is 4.39. The van der Waals surface area contributed by atoms with Crippen LogP contribution in [0.2, 0.25) is 0 Å². The van der Waals surface area contributed by atoms with Gasteiger partial charge >= 0.3 is 6.18 Å². The van der Waals surface area contributed by atoms with Gasteiger partial charge in [-0.05, 0) is 67.8 Å². The summed E-state index contributed by atoms with van der Waals surface area (Å²) in [4.78, 5) is 18.3. The maximum atomic E-state index is 13.9. The van der Waals surface area contributed by atoms with E-state index >= 15 is 0 Å². The number of halogens is 3. The normalized spacial score (nSPS) is 11.7. The molecule has 0 saturated carbocycles. The van der Waals surface area contributed by atoms with Gasteiger partial charge in [-0.2, -0.15) is 13.2 Å². The fraction of sp³-hybridized carbons (Fsp3) is 0.214. The predicted octanol–water partition coefficient (Wildman–Crippen LogP) is 5.58. The molecule has 1 N–H and O–H groups in total. The van der Waals surface area contributed by atoms with E-state index in [1.54, 1.807) is 31.3 Å². The summed E-state index contributed by atoms with van der Waals surface area (Å²) in [5.41, 5.74) is 3.18. The number of hydrogen-bond donors (Lipinski definition) is 1. The molecule has 0 amide bonds. The summed E-state index contributed by atoms with van der Waals surface area (Å²) in [6, 6.07) is 16.2.